The third-order valence-corrected chi connectivity index (χ3v) is 4.57. The summed E-state index contributed by atoms with van der Waals surface area (Å²) in [6.07, 6.45) is 4.30. The Bertz CT molecular complexity index is 441. The van der Waals surface area contributed by atoms with E-state index in [1.807, 2.05) is 6.07 Å². The van der Waals surface area contributed by atoms with E-state index in [1.165, 1.54) is 18.4 Å². The fraction of sp³-hybridized carbons (Fsp3) is 0.562. The van der Waals surface area contributed by atoms with E-state index >= 15 is 0 Å². The van der Waals surface area contributed by atoms with Crippen LogP contribution in [-0.2, 0) is 4.79 Å². The number of nitrogens with two attached hydrogens (primary N) is 1. The van der Waals surface area contributed by atoms with Crippen LogP contribution >= 0.6 is 0 Å². The molecule has 0 bridgehead atoms. The standard InChI is InChI=1S/C16H22N2O/c17-15(12-6-7-12)14-10-13(8-9-18-16(14)19)11-4-2-1-3-5-11/h1-5,12-15H,6-10,17H2,(H,18,19). The minimum atomic E-state index is -0.0137. The van der Waals surface area contributed by atoms with Gasteiger partial charge in [0, 0.05) is 12.6 Å². The smallest absolute Gasteiger partial charge is 0.224 e. The Morgan fingerprint density at radius 3 is 2.58 bits per heavy atom. The number of hydrogen-bond donors (Lipinski definition) is 2. The monoisotopic (exact) mass is 258 g/mol. The van der Waals surface area contributed by atoms with Gasteiger partial charge in [0.25, 0.3) is 0 Å². The maximum Gasteiger partial charge on any atom is 0.224 e. The van der Waals surface area contributed by atoms with Crippen molar-refractivity contribution < 1.29 is 4.79 Å². The third-order valence-electron chi connectivity index (χ3n) is 4.57. The van der Waals surface area contributed by atoms with E-state index in [1.54, 1.807) is 0 Å². The molecule has 3 heteroatoms. The first kappa shape index (κ1) is 12.7. The summed E-state index contributed by atoms with van der Waals surface area (Å²) >= 11 is 0. The molecule has 1 aliphatic heterocycles. The van der Waals surface area contributed by atoms with Gasteiger partial charge in [-0.2, -0.15) is 0 Å². The SMILES string of the molecule is NC(C1CC1)C1CC(c2ccccc2)CCNC1=O. The van der Waals surface area contributed by atoms with Crippen LogP contribution in [0.25, 0.3) is 0 Å². The molecule has 2 aliphatic rings. The average Bonchev–Trinajstić information content (AvgIpc) is 3.26. The van der Waals surface area contributed by atoms with Gasteiger partial charge in [-0.15, -0.1) is 0 Å². The summed E-state index contributed by atoms with van der Waals surface area (Å²) in [6, 6.07) is 10.6. The molecule has 3 atom stereocenters. The highest BCUT2D eigenvalue weighted by Gasteiger charge is 2.39. The molecule has 0 aromatic heterocycles. The first-order valence-electron chi connectivity index (χ1n) is 7.34. The van der Waals surface area contributed by atoms with Crippen molar-refractivity contribution in [1.29, 1.82) is 0 Å². The van der Waals surface area contributed by atoms with Crippen LogP contribution in [0.2, 0.25) is 0 Å². The lowest BCUT2D eigenvalue weighted by atomic mass is 9.83. The lowest BCUT2D eigenvalue weighted by Gasteiger charge is -2.24. The molecule has 1 aromatic carbocycles. The number of hydrogen-bond acceptors (Lipinski definition) is 2. The summed E-state index contributed by atoms with van der Waals surface area (Å²) < 4.78 is 0. The Hall–Kier alpha value is -1.35. The van der Waals surface area contributed by atoms with Crippen LogP contribution < -0.4 is 11.1 Å². The largest absolute Gasteiger partial charge is 0.356 e. The number of benzene rings is 1. The fourth-order valence-electron chi connectivity index (χ4n) is 3.20. The van der Waals surface area contributed by atoms with Crippen molar-refractivity contribution in [3.05, 3.63) is 35.9 Å². The van der Waals surface area contributed by atoms with Gasteiger partial charge in [-0.1, -0.05) is 30.3 Å². The minimum Gasteiger partial charge on any atom is -0.356 e. The van der Waals surface area contributed by atoms with Gasteiger partial charge in [-0.25, -0.2) is 0 Å². The second kappa shape index (κ2) is 5.33. The Balaban J connectivity index is 1.77. The zero-order valence-electron chi connectivity index (χ0n) is 11.2. The van der Waals surface area contributed by atoms with Crippen molar-refractivity contribution in [1.82, 2.24) is 5.32 Å². The summed E-state index contributed by atoms with van der Waals surface area (Å²) in [6.45, 7) is 0.770. The highest BCUT2D eigenvalue weighted by atomic mass is 16.1. The third kappa shape index (κ3) is 2.81. The first-order chi connectivity index (χ1) is 9.25. The number of nitrogens with one attached hydrogen (secondary N) is 1. The highest BCUT2D eigenvalue weighted by molar-refractivity contribution is 5.79. The summed E-state index contributed by atoms with van der Waals surface area (Å²) in [7, 11) is 0. The number of carbonyl (C=O) groups excluding carboxylic acids is 1. The second-order valence-electron chi connectivity index (χ2n) is 5.94. The van der Waals surface area contributed by atoms with Crippen LogP contribution in [0.3, 0.4) is 0 Å². The van der Waals surface area contributed by atoms with Gasteiger partial charge in [-0.05, 0) is 43.1 Å². The molecule has 1 amide bonds. The van der Waals surface area contributed by atoms with Gasteiger partial charge in [0.05, 0.1) is 5.92 Å². The molecule has 3 nitrogen and oxygen atoms in total. The van der Waals surface area contributed by atoms with E-state index in [0.717, 1.165) is 19.4 Å². The molecule has 3 N–H and O–H groups in total. The van der Waals surface area contributed by atoms with E-state index in [2.05, 4.69) is 29.6 Å². The van der Waals surface area contributed by atoms with Crippen molar-refractivity contribution in [3.63, 3.8) is 0 Å². The molecule has 2 fully saturated rings. The summed E-state index contributed by atoms with van der Waals surface area (Å²) in [5.41, 5.74) is 7.63. The highest BCUT2D eigenvalue weighted by Crippen LogP contribution is 2.39. The van der Waals surface area contributed by atoms with Crippen LogP contribution in [0.5, 0.6) is 0 Å². The molecule has 0 radical (unpaired) electrons. The van der Waals surface area contributed by atoms with Gasteiger partial charge < -0.3 is 11.1 Å². The first-order valence-corrected chi connectivity index (χ1v) is 7.34. The molecule has 19 heavy (non-hydrogen) atoms. The molecule has 3 unspecified atom stereocenters. The molecule has 3 rings (SSSR count). The molecular formula is C16H22N2O. The van der Waals surface area contributed by atoms with E-state index in [0.29, 0.717) is 11.8 Å². The molecule has 1 aliphatic carbocycles. The molecule has 102 valence electrons. The zero-order valence-corrected chi connectivity index (χ0v) is 11.2. The number of amides is 1. The van der Waals surface area contributed by atoms with Crippen molar-refractivity contribution in [2.45, 2.75) is 37.6 Å². The molecular weight excluding hydrogens is 236 g/mol. The Kier molecular flexibility index (Phi) is 3.56. The average molecular weight is 258 g/mol. The Morgan fingerprint density at radius 2 is 1.89 bits per heavy atom. The predicted octanol–water partition coefficient (Wildman–Crippen LogP) is 2.03. The maximum absolute atomic E-state index is 12.2. The predicted molar refractivity (Wildman–Crippen MR) is 75.6 cm³/mol. The summed E-state index contributed by atoms with van der Waals surface area (Å²) in [5.74, 6) is 1.18. The second-order valence-corrected chi connectivity index (χ2v) is 5.94. The van der Waals surface area contributed by atoms with Crippen molar-refractivity contribution in [2.24, 2.45) is 17.6 Å². The van der Waals surface area contributed by atoms with Gasteiger partial charge in [0.2, 0.25) is 5.91 Å². The molecule has 0 spiro atoms. The molecule has 1 aromatic rings. The van der Waals surface area contributed by atoms with Gasteiger partial charge in [0.1, 0.15) is 0 Å². The molecule has 1 saturated heterocycles. The van der Waals surface area contributed by atoms with E-state index in [-0.39, 0.29) is 17.9 Å². The lowest BCUT2D eigenvalue weighted by molar-refractivity contribution is -0.125. The maximum atomic E-state index is 12.2. The van der Waals surface area contributed by atoms with Crippen molar-refractivity contribution in [3.8, 4) is 0 Å². The minimum absolute atomic E-state index is 0.0137. The van der Waals surface area contributed by atoms with Crippen LogP contribution in [0.4, 0.5) is 0 Å². The Labute approximate surface area is 114 Å². The van der Waals surface area contributed by atoms with E-state index < -0.39 is 0 Å². The molecule has 1 saturated carbocycles. The summed E-state index contributed by atoms with van der Waals surface area (Å²) in [5, 5.41) is 3.04. The van der Waals surface area contributed by atoms with Crippen LogP contribution in [0, 0.1) is 11.8 Å². The van der Waals surface area contributed by atoms with E-state index in [4.69, 9.17) is 5.73 Å². The van der Waals surface area contributed by atoms with Crippen LogP contribution in [0.15, 0.2) is 30.3 Å². The van der Waals surface area contributed by atoms with Crippen LogP contribution in [-0.4, -0.2) is 18.5 Å². The molecule has 1 heterocycles. The van der Waals surface area contributed by atoms with Gasteiger partial charge >= 0.3 is 0 Å². The zero-order chi connectivity index (χ0) is 13.2. The van der Waals surface area contributed by atoms with Crippen molar-refractivity contribution in [2.75, 3.05) is 6.54 Å². The topological polar surface area (TPSA) is 55.1 Å². The number of carbonyl (C=O) groups is 1. The number of rotatable bonds is 3. The fourth-order valence-corrected chi connectivity index (χ4v) is 3.20. The van der Waals surface area contributed by atoms with Gasteiger partial charge in [-0.3, -0.25) is 4.79 Å². The quantitative estimate of drug-likeness (QED) is 0.871. The normalized spacial score (nSPS) is 29.4. The lowest BCUT2D eigenvalue weighted by Crippen LogP contribution is -2.42. The van der Waals surface area contributed by atoms with Crippen LogP contribution in [0.1, 0.15) is 37.2 Å². The Morgan fingerprint density at radius 1 is 1.16 bits per heavy atom. The summed E-state index contributed by atoms with van der Waals surface area (Å²) in [4.78, 5) is 12.2. The van der Waals surface area contributed by atoms with Gasteiger partial charge in [0.15, 0.2) is 0 Å². The van der Waals surface area contributed by atoms with Crippen molar-refractivity contribution >= 4 is 5.91 Å². The van der Waals surface area contributed by atoms with E-state index in [9.17, 15) is 4.79 Å².